The van der Waals surface area contributed by atoms with Gasteiger partial charge in [0.15, 0.2) is 0 Å². The number of benzene rings is 1. The summed E-state index contributed by atoms with van der Waals surface area (Å²) in [5, 5.41) is 0. The molecule has 0 saturated carbocycles. The van der Waals surface area contributed by atoms with Crippen LogP contribution in [0, 0.1) is 12.3 Å². The maximum atomic E-state index is 11.7. The molecule has 0 fully saturated rings. The summed E-state index contributed by atoms with van der Waals surface area (Å²) in [5.41, 5.74) is 0. The topological polar surface area (TPSA) is 55.4 Å². The van der Waals surface area contributed by atoms with Gasteiger partial charge >= 0.3 is 0 Å². The fourth-order valence-electron chi connectivity index (χ4n) is 1.03. The average molecular weight is 304 g/mol. The molecule has 0 aliphatic heterocycles. The molecule has 0 aliphatic carbocycles. The Morgan fingerprint density at radius 2 is 2.25 bits per heavy atom. The lowest BCUT2D eigenvalue weighted by Gasteiger charge is -2.07. The van der Waals surface area contributed by atoms with E-state index < -0.39 is 10.0 Å². The van der Waals surface area contributed by atoms with Gasteiger partial charge in [-0.15, -0.1) is 6.42 Å². The molecule has 0 radical (unpaired) electrons. The Hall–Kier alpha value is -1.03. The molecule has 0 saturated heterocycles. The molecule has 0 bridgehead atoms. The van der Waals surface area contributed by atoms with Crippen LogP contribution in [0.3, 0.4) is 0 Å². The quantitative estimate of drug-likeness (QED) is 0.855. The molecule has 0 aliphatic rings. The molecule has 1 rings (SSSR count). The van der Waals surface area contributed by atoms with E-state index in [1.165, 1.54) is 19.2 Å². The zero-order chi connectivity index (χ0) is 12.2. The Kier molecular flexibility index (Phi) is 4.35. The number of halogens is 1. The zero-order valence-electron chi connectivity index (χ0n) is 8.53. The maximum absolute atomic E-state index is 11.7. The van der Waals surface area contributed by atoms with Crippen molar-refractivity contribution in [3.05, 3.63) is 22.7 Å². The maximum Gasteiger partial charge on any atom is 0.241 e. The molecule has 16 heavy (non-hydrogen) atoms. The molecule has 0 unspecified atom stereocenters. The number of nitrogens with one attached hydrogen (secondary N) is 1. The van der Waals surface area contributed by atoms with E-state index in [1.807, 2.05) is 0 Å². The molecule has 0 aromatic heterocycles. The highest BCUT2D eigenvalue weighted by Gasteiger charge is 2.14. The molecule has 86 valence electrons. The van der Waals surface area contributed by atoms with E-state index in [2.05, 4.69) is 26.6 Å². The van der Waals surface area contributed by atoms with Crippen molar-refractivity contribution in [3.63, 3.8) is 0 Å². The first-order valence-corrected chi connectivity index (χ1v) is 6.55. The number of methoxy groups -OCH3 is 1. The lowest BCUT2D eigenvalue weighted by Crippen LogP contribution is -2.23. The van der Waals surface area contributed by atoms with Crippen molar-refractivity contribution in [2.75, 3.05) is 13.7 Å². The summed E-state index contributed by atoms with van der Waals surface area (Å²) in [6, 6.07) is 4.47. The van der Waals surface area contributed by atoms with E-state index in [1.54, 1.807) is 6.07 Å². The SMILES string of the molecule is C#CCNS(=O)(=O)c1ccc(OC)c(Br)c1. The van der Waals surface area contributed by atoms with Crippen LogP contribution in [0.1, 0.15) is 0 Å². The van der Waals surface area contributed by atoms with Crippen molar-refractivity contribution in [1.82, 2.24) is 4.72 Å². The monoisotopic (exact) mass is 303 g/mol. The predicted molar refractivity (Wildman–Crippen MR) is 64.7 cm³/mol. The van der Waals surface area contributed by atoms with Crippen molar-refractivity contribution in [2.45, 2.75) is 4.90 Å². The molecule has 0 amide bonds. The standard InChI is InChI=1S/C10H10BrNO3S/c1-3-6-12-16(13,14)8-4-5-10(15-2)9(11)7-8/h1,4-5,7,12H,6H2,2H3. The Labute approximate surface area is 103 Å². The Morgan fingerprint density at radius 3 is 2.75 bits per heavy atom. The largest absolute Gasteiger partial charge is 0.496 e. The third-order valence-corrected chi connectivity index (χ3v) is 3.82. The van der Waals surface area contributed by atoms with Gasteiger partial charge in [0.25, 0.3) is 0 Å². The van der Waals surface area contributed by atoms with Gasteiger partial charge in [0, 0.05) is 0 Å². The van der Waals surface area contributed by atoms with Crippen LogP contribution in [0.4, 0.5) is 0 Å². The summed E-state index contributed by atoms with van der Waals surface area (Å²) in [7, 11) is -2.04. The molecule has 0 spiro atoms. The summed E-state index contributed by atoms with van der Waals surface area (Å²) >= 11 is 3.21. The second kappa shape index (κ2) is 5.34. The molecular weight excluding hydrogens is 294 g/mol. The first-order valence-electron chi connectivity index (χ1n) is 4.28. The van der Waals surface area contributed by atoms with E-state index in [9.17, 15) is 8.42 Å². The first-order chi connectivity index (χ1) is 7.51. The van der Waals surface area contributed by atoms with Gasteiger partial charge in [-0.3, -0.25) is 0 Å². The van der Waals surface area contributed by atoms with E-state index in [4.69, 9.17) is 11.2 Å². The highest BCUT2D eigenvalue weighted by molar-refractivity contribution is 9.10. The number of hydrogen-bond donors (Lipinski definition) is 1. The normalized spacial score (nSPS) is 10.8. The highest BCUT2D eigenvalue weighted by atomic mass is 79.9. The van der Waals surface area contributed by atoms with Crippen molar-refractivity contribution in [3.8, 4) is 18.1 Å². The fourth-order valence-corrected chi connectivity index (χ4v) is 2.69. The molecule has 1 N–H and O–H groups in total. The van der Waals surface area contributed by atoms with Crippen molar-refractivity contribution < 1.29 is 13.2 Å². The molecule has 1 aromatic rings. The lowest BCUT2D eigenvalue weighted by atomic mass is 10.3. The van der Waals surface area contributed by atoms with Crippen molar-refractivity contribution >= 4 is 26.0 Å². The molecule has 0 atom stereocenters. The summed E-state index contributed by atoms with van der Waals surface area (Å²) < 4.78 is 31.2. The van der Waals surface area contributed by atoms with Crippen LogP contribution in [-0.2, 0) is 10.0 Å². The molecule has 0 heterocycles. The van der Waals surface area contributed by atoms with Crippen molar-refractivity contribution in [2.24, 2.45) is 0 Å². The molecule has 6 heteroatoms. The highest BCUT2D eigenvalue weighted by Crippen LogP contribution is 2.27. The van der Waals surface area contributed by atoms with Crippen LogP contribution < -0.4 is 9.46 Å². The summed E-state index contributed by atoms with van der Waals surface area (Å²) in [6.45, 7) is -0.0357. The minimum absolute atomic E-state index is 0.0357. The van der Waals surface area contributed by atoms with Crippen LogP contribution in [-0.4, -0.2) is 22.1 Å². The molecule has 4 nitrogen and oxygen atoms in total. The second-order valence-corrected chi connectivity index (χ2v) is 5.45. The van der Waals surface area contributed by atoms with Crippen LogP contribution in [0.2, 0.25) is 0 Å². The van der Waals surface area contributed by atoms with Gasteiger partial charge in [0.2, 0.25) is 10.0 Å². The average Bonchev–Trinajstić information content (AvgIpc) is 2.26. The number of ether oxygens (including phenoxy) is 1. The minimum atomic E-state index is -3.55. The summed E-state index contributed by atoms with van der Waals surface area (Å²) in [5.74, 6) is 2.77. The van der Waals surface area contributed by atoms with Crippen LogP contribution in [0.15, 0.2) is 27.6 Å². The summed E-state index contributed by atoms with van der Waals surface area (Å²) in [6.07, 6.45) is 4.98. The number of sulfonamides is 1. The van der Waals surface area contributed by atoms with Crippen molar-refractivity contribution in [1.29, 1.82) is 0 Å². The van der Waals surface area contributed by atoms with E-state index >= 15 is 0 Å². The van der Waals surface area contributed by atoms with Crippen LogP contribution >= 0.6 is 15.9 Å². The van der Waals surface area contributed by atoms with Gasteiger partial charge in [-0.1, -0.05) is 5.92 Å². The second-order valence-electron chi connectivity index (χ2n) is 2.83. The van der Waals surface area contributed by atoms with Crippen LogP contribution in [0.25, 0.3) is 0 Å². The van der Waals surface area contributed by atoms with Gasteiger partial charge in [-0.2, -0.15) is 4.72 Å². The first kappa shape index (κ1) is 13.0. The number of hydrogen-bond acceptors (Lipinski definition) is 3. The van der Waals surface area contributed by atoms with Gasteiger partial charge < -0.3 is 4.74 Å². The molecular formula is C10H10BrNO3S. The smallest absolute Gasteiger partial charge is 0.241 e. The molecule has 1 aromatic carbocycles. The van der Waals surface area contributed by atoms with Gasteiger partial charge in [-0.05, 0) is 34.1 Å². The van der Waals surface area contributed by atoms with E-state index in [0.717, 1.165) is 0 Å². The van der Waals surface area contributed by atoms with Crippen LogP contribution in [0.5, 0.6) is 5.75 Å². The Morgan fingerprint density at radius 1 is 1.56 bits per heavy atom. The Balaban J connectivity index is 3.06. The van der Waals surface area contributed by atoms with Gasteiger partial charge in [-0.25, -0.2) is 8.42 Å². The third kappa shape index (κ3) is 2.98. The zero-order valence-corrected chi connectivity index (χ0v) is 10.9. The lowest BCUT2D eigenvalue weighted by molar-refractivity contribution is 0.411. The third-order valence-electron chi connectivity index (χ3n) is 1.80. The van der Waals surface area contributed by atoms with E-state index in [0.29, 0.717) is 10.2 Å². The van der Waals surface area contributed by atoms with Gasteiger partial charge in [0.1, 0.15) is 5.75 Å². The summed E-state index contributed by atoms with van der Waals surface area (Å²) in [4.78, 5) is 0.135. The number of rotatable bonds is 4. The predicted octanol–water partition coefficient (Wildman–Crippen LogP) is 1.37. The van der Waals surface area contributed by atoms with Gasteiger partial charge in [0.05, 0.1) is 23.0 Å². The van der Waals surface area contributed by atoms with E-state index in [-0.39, 0.29) is 11.4 Å². The fraction of sp³-hybridized carbons (Fsp3) is 0.200. The number of terminal acetylenes is 1. The Bertz CT molecular complexity index is 519. The minimum Gasteiger partial charge on any atom is -0.496 e.